The zero-order valence-corrected chi connectivity index (χ0v) is 26.8. The average molecular weight is 608 g/mol. The first kappa shape index (κ1) is 30.8. The Morgan fingerprint density at radius 1 is 0.302 bits per heavy atom. The molecule has 4 nitrogen and oxygen atoms in total. The van der Waals surface area contributed by atoms with Crippen LogP contribution >= 0.6 is 0 Å². The van der Waals surface area contributed by atoms with Crippen molar-refractivity contribution < 1.29 is 19.5 Å². The maximum Gasteiger partial charge on any atom is 2.00 e. The molecule has 0 aromatic heterocycles. The van der Waals surface area contributed by atoms with Crippen molar-refractivity contribution in [2.24, 2.45) is 9.98 Å². The van der Waals surface area contributed by atoms with Gasteiger partial charge in [0.25, 0.3) is 0 Å². The van der Waals surface area contributed by atoms with Gasteiger partial charge in [-0.3, -0.25) is 9.98 Å². The van der Waals surface area contributed by atoms with Crippen molar-refractivity contribution in [3.63, 3.8) is 0 Å². The standard InChI is InChI=1S/2C19H15N2.Zn/c2*1-4-10-16(11-5-1)20-18-14-8-3-9-15-19(18)21-17-12-6-2-7-13-17;/h2*1-15H;/q2*-1;+2. The molecule has 0 atom stereocenters. The fraction of sp³-hybridized carbons (Fsp3) is 0. The normalized spacial score (nSPS) is 10.9. The first-order valence-electron chi connectivity index (χ1n) is 13.8. The topological polar surface area (TPSA) is 52.9 Å². The molecule has 0 saturated heterocycles. The molecule has 6 rings (SSSR count). The van der Waals surface area contributed by atoms with Crippen molar-refractivity contribution in [1.29, 1.82) is 0 Å². The smallest absolute Gasteiger partial charge is 0.656 e. The van der Waals surface area contributed by atoms with Crippen LogP contribution in [0.4, 0.5) is 34.1 Å². The van der Waals surface area contributed by atoms with Crippen LogP contribution in [0, 0.1) is 0 Å². The Hall–Kier alpha value is -5.12. The molecule has 0 aliphatic rings. The monoisotopic (exact) mass is 606 g/mol. The van der Waals surface area contributed by atoms with E-state index in [1.54, 1.807) is 0 Å². The molecule has 0 amide bonds. The summed E-state index contributed by atoms with van der Waals surface area (Å²) in [7, 11) is 0. The van der Waals surface area contributed by atoms with Crippen LogP contribution in [0.3, 0.4) is 0 Å². The van der Waals surface area contributed by atoms with Gasteiger partial charge in [-0.2, -0.15) is 0 Å². The molecule has 0 saturated carbocycles. The van der Waals surface area contributed by atoms with Crippen LogP contribution in [0.25, 0.3) is 10.6 Å². The van der Waals surface area contributed by atoms with Gasteiger partial charge >= 0.3 is 19.5 Å². The maximum atomic E-state index is 4.68. The summed E-state index contributed by atoms with van der Waals surface area (Å²) in [6.45, 7) is 0. The van der Waals surface area contributed by atoms with Crippen LogP contribution < -0.4 is 10.7 Å². The molecular formula is C38H30N4Zn. The molecule has 6 aromatic rings. The summed E-state index contributed by atoms with van der Waals surface area (Å²) in [5.74, 6) is 0. The van der Waals surface area contributed by atoms with Crippen LogP contribution in [-0.2, 0) is 19.5 Å². The second-order valence-electron chi connectivity index (χ2n) is 9.15. The molecule has 0 fully saturated rings. The van der Waals surface area contributed by atoms with Crippen molar-refractivity contribution >= 4 is 34.1 Å². The van der Waals surface area contributed by atoms with E-state index in [4.69, 9.17) is 0 Å². The van der Waals surface area contributed by atoms with Gasteiger partial charge in [0.15, 0.2) is 0 Å². The molecule has 0 radical (unpaired) electrons. The largest absolute Gasteiger partial charge is 2.00 e. The minimum absolute atomic E-state index is 0. The number of hydrogen-bond acceptors (Lipinski definition) is 2. The van der Waals surface area contributed by atoms with Crippen LogP contribution in [-0.4, -0.2) is 0 Å². The molecule has 0 aliphatic heterocycles. The van der Waals surface area contributed by atoms with E-state index in [1.165, 1.54) is 0 Å². The van der Waals surface area contributed by atoms with Crippen molar-refractivity contribution in [2.75, 3.05) is 0 Å². The first-order valence-corrected chi connectivity index (χ1v) is 13.8. The summed E-state index contributed by atoms with van der Waals surface area (Å²) in [6, 6.07) is 59.5. The Kier molecular flexibility index (Phi) is 12.2. The Morgan fingerprint density at radius 2 is 0.581 bits per heavy atom. The summed E-state index contributed by atoms with van der Waals surface area (Å²) in [5.41, 5.74) is 5.41. The molecule has 0 heterocycles. The number of benzene rings is 4. The predicted octanol–water partition coefficient (Wildman–Crippen LogP) is 10.5. The second kappa shape index (κ2) is 17.0. The van der Waals surface area contributed by atoms with Crippen molar-refractivity contribution in [2.45, 2.75) is 0 Å². The van der Waals surface area contributed by atoms with Gasteiger partial charge in [0.1, 0.15) is 0 Å². The van der Waals surface area contributed by atoms with Gasteiger partial charge in [-0.15, -0.1) is 22.7 Å². The Balaban J connectivity index is 0.000000192. The molecule has 5 heteroatoms. The maximum absolute atomic E-state index is 4.68. The van der Waals surface area contributed by atoms with Gasteiger partial charge < -0.3 is 10.6 Å². The van der Waals surface area contributed by atoms with Gasteiger partial charge in [0, 0.05) is 10.7 Å². The van der Waals surface area contributed by atoms with Gasteiger partial charge in [-0.25, -0.2) is 0 Å². The van der Waals surface area contributed by atoms with Gasteiger partial charge in [-0.05, 0) is 36.4 Å². The van der Waals surface area contributed by atoms with E-state index in [9.17, 15) is 0 Å². The predicted molar refractivity (Wildman–Crippen MR) is 174 cm³/mol. The summed E-state index contributed by atoms with van der Waals surface area (Å²) < 4.78 is 0. The minimum Gasteiger partial charge on any atom is -0.656 e. The fourth-order valence-electron chi connectivity index (χ4n) is 4.00. The van der Waals surface area contributed by atoms with E-state index >= 15 is 0 Å². The van der Waals surface area contributed by atoms with Gasteiger partial charge in [0.05, 0.1) is 11.4 Å². The summed E-state index contributed by atoms with van der Waals surface area (Å²) in [4.78, 5) is 9.37. The zero-order chi connectivity index (χ0) is 28.7. The van der Waals surface area contributed by atoms with E-state index in [0.29, 0.717) is 0 Å². The molecule has 6 aromatic carbocycles. The van der Waals surface area contributed by atoms with Crippen LogP contribution in [0.2, 0.25) is 0 Å². The minimum atomic E-state index is 0. The molecule has 0 unspecified atom stereocenters. The van der Waals surface area contributed by atoms with E-state index in [1.807, 2.05) is 182 Å². The first-order chi connectivity index (χ1) is 20.8. The van der Waals surface area contributed by atoms with E-state index in [2.05, 4.69) is 20.6 Å². The molecule has 0 bridgehead atoms. The average Bonchev–Trinajstić information content (AvgIpc) is 3.40. The van der Waals surface area contributed by atoms with Gasteiger partial charge in [-0.1, -0.05) is 146 Å². The molecular weight excluding hydrogens is 578 g/mol. The van der Waals surface area contributed by atoms with Crippen molar-refractivity contribution in [3.8, 4) is 0 Å². The second-order valence-corrected chi connectivity index (χ2v) is 9.15. The molecule has 43 heavy (non-hydrogen) atoms. The molecule has 0 aliphatic carbocycles. The molecule has 204 valence electrons. The Bertz CT molecular complexity index is 1680. The summed E-state index contributed by atoms with van der Waals surface area (Å²) in [5, 5.41) is 11.1. The fourth-order valence-corrected chi connectivity index (χ4v) is 4.00. The van der Waals surface area contributed by atoms with Gasteiger partial charge in [0.2, 0.25) is 0 Å². The third-order valence-corrected chi connectivity index (χ3v) is 6.01. The van der Waals surface area contributed by atoms with Crippen molar-refractivity contribution in [1.82, 2.24) is 0 Å². The van der Waals surface area contributed by atoms with Crippen molar-refractivity contribution in [3.05, 3.63) is 203 Å². The number of rotatable bonds is 6. The van der Waals surface area contributed by atoms with Crippen LogP contribution in [0.1, 0.15) is 0 Å². The third kappa shape index (κ3) is 10.0. The van der Waals surface area contributed by atoms with E-state index in [-0.39, 0.29) is 19.5 Å². The van der Waals surface area contributed by atoms with E-state index in [0.717, 1.165) is 44.8 Å². The quantitative estimate of drug-likeness (QED) is 0.169. The van der Waals surface area contributed by atoms with Crippen LogP contribution in [0.15, 0.2) is 192 Å². The Morgan fingerprint density at radius 3 is 0.930 bits per heavy atom. The summed E-state index contributed by atoms with van der Waals surface area (Å²) >= 11 is 0. The third-order valence-electron chi connectivity index (χ3n) is 6.01. The molecule has 0 spiro atoms. The summed E-state index contributed by atoms with van der Waals surface area (Å²) in [6.07, 6.45) is 0. The number of nitrogens with zero attached hydrogens (tertiary/aromatic N) is 4. The number of hydrogen-bond donors (Lipinski definition) is 0. The Labute approximate surface area is 266 Å². The SMILES string of the molecule is [Zn+2].c1ccc(N=c2cccccc2[N-]c2ccccc2)cc1.c1ccc(N=c2cccccc2[N-]c2ccccc2)cc1. The van der Waals surface area contributed by atoms with Crippen LogP contribution in [0.5, 0.6) is 0 Å². The zero-order valence-electron chi connectivity index (χ0n) is 23.8. The van der Waals surface area contributed by atoms with E-state index < -0.39 is 0 Å². The molecule has 0 N–H and O–H groups in total. The number of para-hydroxylation sites is 4.